The Hall–Kier alpha value is -0.570. The van der Waals surface area contributed by atoms with E-state index in [0.717, 1.165) is 6.42 Å². The number of rotatable bonds is 3. The van der Waals surface area contributed by atoms with Gasteiger partial charge >= 0.3 is 0 Å². The van der Waals surface area contributed by atoms with E-state index in [0.29, 0.717) is 6.42 Å². The molecule has 0 aromatic carbocycles. The molecule has 0 unspecified atom stereocenters. The van der Waals surface area contributed by atoms with Gasteiger partial charge in [-0.1, -0.05) is 6.92 Å². The first-order chi connectivity index (χ1) is 4.79. The summed E-state index contributed by atoms with van der Waals surface area (Å²) in [5.41, 5.74) is 0. The maximum Gasteiger partial charge on any atom is 0.225 e. The zero-order chi connectivity index (χ0) is 7.56. The van der Waals surface area contributed by atoms with E-state index in [-0.39, 0.29) is 24.5 Å². The lowest BCUT2D eigenvalue weighted by molar-refractivity contribution is -0.135. The number of aliphatic hydroxyl groups excluding tert-OH is 1. The summed E-state index contributed by atoms with van der Waals surface area (Å²) in [5, 5.41) is 11.3. The third-order valence-corrected chi connectivity index (χ3v) is 2.03. The number of β-lactam (4-membered cyclic amide) rings is 1. The van der Waals surface area contributed by atoms with Crippen molar-refractivity contribution in [2.45, 2.75) is 25.8 Å². The number of carbonyl (C=O) groups is 1. The molecular weight excluding hydrogens is 130 g/mol. The quantitative estimate of drug-likeness (QED) is 0.542. The zero-order valence-corrected chi connectivity index (χ0v) is 6.13. The van der Waals surface area contributed by atoms with Gasteiger partial charge in [0.1, 0.15) is 0 Å². The Balaban J connectivity index is 2.30. The van der Waals surface area contributed by atoms with Gasteiger partial charge in [0.05, 0.1) is 5.92 Å². The van der Waals surface area contributed by atoms with Crippen LogP contribution in [0, 0.1) is 5.92 Å². The first kappa shape index (κ1) is 7.54. The van der Waals surface area contributed by atoms with E-state index in [1.165, 1.54) is 0 Å². The van der Waals surface area contributed by atoms with Crippen molar-refractivity contribution in [1.82, 2.24) is 5.32 Å². The zero-order valence-electron chi connectivity index (χ0n) is 6.13. The van der Waals surface area contributed by atoms with Crippen molar-refractivity contribution in [1.29, 1.82) is 0 Å². The lowest BCUT2D eigenvalue weighted by atomic mass is 9.86. The van der Waals surface area contributed by atoms with Crippen molar-refractivity contribution in [3.8, 4) is 0 Å². The van der Waals surface area contributed by atoms with E-state index < -0.39 is 0 Å². The van der Waals surface area contributed by atoms with Gasteiger partial charge < -0.3 is 10.4 Å². The Morgan fingerprint density at radius 3 is 2.80 bits per heavy atom. The van der Waals surface area contributed by atoms with Crippen LogP contribution in [-0.4, -0.2) is 23.7 Å². The van der Waals surface area contributed by atoms with E-state index in [9.17, 15) is 4.79 Å². The normalized spacial score (nSPS) is 31.2. The van der Waals surface area contributed by atoms with Crippen LogP contribution in [0.1, 0.15) is 19.8 Å². The highest BCUT2D eigenvalue weighted by Crippen LogP contribution is 2.20. The largest absolute Gasteiger partial charge is 0.396 e. The van der Waals surface area contributed by atoms with E-state index in [1.54, 1.807) is 0 Å². The van der Waals surface area contributed by atoms with Crippen molar-refractivity contribution in [3.05, 3.63) is 0 Å². The fourth-order valence-corrected chi connectivity index (χ4v) is 1.36. The van der Waals surface area contributed by atoms with E-state index in [4.69, 9.17) is 5.11 Å². The second kappa shape index (κ2) is 3.01. The summed E-state index contributed by atoms with van der Waals surface area (Å²) in [6.45, 7) is 2.16. The average Bonchev–Trinajstić information content (AvgIpc) is 1.88. The molecule has 1 amide bonds. The molecule has 2 N–H and O–H groups in total. The van der Waals surface area contributed by atoms with Crippen molar-refractivity contribution in [2.24, 2.45) is 5.92 Å². The molecule has 0 spiro atoms. The highest BCUT2D eigenvalue weighted by molar-refractivity contribution is 5.85. The van der Waals surface area contributed by atoms with E-state index >= 15 is 0 Å². The molecule has 3 nitrogen and oxygen atoms in total. The van der Waals surface area contributed by atoms with Gasteiger partial charge in [0.15, 0.2) is 0 Å². The molecule has 3 heteroatoms. The van der Waals surface area contributed by atoms with Crippen molar-refractivity contribution >= 4 is 5.91 Å². The summed E-state index contributed by atoms with van der Waals surface area (Å²) in [5.74, 6) is 0.299. The summed E-state index contributed by atoms with van der Waals surface area (Å²) >= 11 is 0. The third kappa shape index (κ3) is 1.14. The molecule has 1 heterocycles. The fraction of sp³-hybridized carbons (Fsp3) is 0.857. The van der Waals surface area contributed by atoms with Gasteiger partial charge in [-0.25, -0.2) is 0 Å². The fourth-order valence-electron chi connectivity index (χ4n) is 1.36. The van der Waals surface area contributed by atoms with E-state index in [1.807, 2.05) is 6.92 Å². The van der Waals surface area contributed by atoms with Crippen molar-refractivity contribution < 1.29 is 9.90 Å². The highest BCUT2D eigenvalue weighted by Gasteiger charge is 2.36. The van der Waals surface area contributed by atoms with Gasteiger partial charge in [-0.3, -0.25) is 4.79 Å². The molecule has 0 saturated carbocycles. The molecule has 1 rings (SSSR count). The summed E-state index contributed by atoms with van der Waals surface area (Å²) in [6.07, 6.45) is 1.58. The van der Waals surface area contributed by atoms with Gasteiger partial charge in [-0.2, -0.15) is 0 Å². The Labute approximate surface area is 60.4 Å². The number of hydrogen-bond acceptors (Lipinski definition) is 2. The Bertz CT molecular complexity index is 136. The molecule has 2 atom stereocenters. The van der Waals surface area contributed by atoms with Crippen molar-refractivity contribution in [2.75, 3.05) is 6.61 Å². The van der Waals surface area contributed by atoms with Crippen LogP contribution >= 0.6 is 0 Å². The predicted octanol–water partition coefficient (Wildman–Crippen LogP) is -0.107. The number of aliphatic hydroxyl groups is 1. The lowest BCUT2D eigenvalue weighted by Gasteiger charge is -2.35. The molecular formula is C7H13NO2. The SMILES string of the molecule is CC[C@@H]1C(=O)N[C@@H]1CCO. The van der Waals surface area contributed by atoms with Crippen LogP contribution < -0.4 is 5.32 Å². The van der Waals surface area contributed by atoms with Crippen LogP contribution in [0.15, 0.2) is 0 Å². The number of hydrogen-bond donors (Lipinski definition) is 2. The molecule has 1 aliphatic heterocycles. The molecule has 0 bridgehead atoms. The lowest BCUT2D eigenvalue weighted by Crippen LogP contribution is -2.58. The van der Waals surface area contributed by atoms with Crippen LogP contribution in [0.5, 0.6) is 0 Å². The van der Waals surface area contributed by atoms with Gasteiger partial charge in [-0.05, 0) is 12.8 Å². The van der Waals surface area contributed by atoms with Crippen LogP contribution in [0.2, 0.25) is 0 Å². The average molecular weight is 143 g/mol. The number of carbonyl (C=O) groups excluding carboxylic acids is 1. The second-order valence-electron chi connectivity index (χ2n) is 2.64. The van der Waals surface area contributed by atoms with Crippen LogP contribution in [0.3, 0.4) is 0 Å². The topological polar surface area (TPSA) is 49.3 Å². The first-order valence-corrected chi connectivity index (χ1v) is 3.70. The molecule has 0 radical (unpaired) electrons. The van der Waals surface area contributed by atoms with Gasteiger partial charge in [0, 0.05) is 12.6 Å². The minimum Gasteiger partial charge on any atom is -0.396 e. The Kier molecular flexibility index (Phi) is 2.27. The van der Waals surface area contributed by atoms with Crippen LogP contribution in [-0.2, 0) is 4.79 Å². The predicted molar refractivity (Wildman–Crippen MR) is 37.4 cm³/mol. The molecule has 10 heavy (non-hydrogen) atoms. The Morgan fingerprint density at radius 1 is 1.70 bits per heavy atom. The molecule has 1 aliphatic rings. The van der Waals surface area contributed by atoms with Crippen LogP contribution in [0.25, 0.3) is 0 Å². The van der Waals surface area contributed by atoms with Crippen LogP contribution in [0.4, 0.5) is 0 Å². The van der Waals surface area contributed by atoms with Crippen molar-refractivity contribution in [3.63, 3.8) is 0 Å². The minimum absolute atomic E-state index is 0.140. The second-order valence-corrected chi connectivity index (χ2v) is 2.64. The van der Waals surface area contributed by atoms with E-state index in [2.05, 4.69) is 5.32 Å². The molecule has 0 aromatic heterocycles. The summed E-state index contributed by atoms with van der Waals surface area (Å²) in [7, 11) is 0. The maximum absolute atomic E-state index is 10.8. The first-order valence-electron chi connectivity index (χ1n) is 3.70. The molecule has 1 fully saturated rings. The summed E-state index contributed by atoms with van der Waals surface area (Å²) in [4.78, 5) is 10.8. The molecule has 58 valence electrons. The Morgan fingerprint density at radius 2 is 2.40 bits per heavy atom. The number of amides is 1. The smallest absolute Gasteiger partial charge is 0.225 e. The summed E-state index contributed by atoms with van der Waals surface area (Å²) < 4.78 is 0. The van der Waals surface area contributed by atoms with Gasteiger partial charge in [0.25, 0.3) is 0 Å². The highest BCUT2D eigenvalue weighted by atomic mass is 16.3. The molecule has 0 aromatic rings. The molecule has 0 aliphatic carbocycles. The van der Waals surface area contributed by atoms with Gasteiger partial charge in [-0.15, -0.1) is 0 Å². The minimum atomic E-state index is 0.140. The maximum atomic E-state index is 10.8. The summed E-state index contributed by atoms with van der Waals surface area (Å²) in [6, 6.07) is 0.238. The van der Waals surface area contributed by atoms with Gasteiger partial charge in [0.2, 0.25) is 5.91 Å². The standard InChI is InChI=1S/C7H13NO2/c1-2-5-6(3-4-9)8-7(5)10/h5-6,9H,2-4H2,1H3,(H,8,10)/t5-,6+/m0/s1. The monoisotopic (exact) mass is 143 g/mol. The third-order valence-electron chi connectivity index (χ3n) is 2.03. The number of nitrogens with one attached hydrogen (secondary N) is 1. The molecule has 1 saturated heterocycles.